The molecule has 0 aliphatic heterocycles. The molecule has 0 radical (unpaired) electrons. The molecule has 6 heteroatoms. The first-order chi connectivity index (χ1) is 6.42. The maximum Gasteiger partial charge on any atom is 0.393 e. The minimum Gasteiger partial charge on any atom is -0.244 e. The normalized spacial score (nSPS) is 11.1. The Morgan fingerprint density at radius 3 is 2.57 bits per heavy atom. The predicted octanol–water partition coefficient (Wildman–Crippen LogP) is 2.66. The third-order valence-electron chi connectivity index (χ3n) is 1.41. The molecule has 0 saturated heterocycles. The van der Waals surface area contributed by atoms with E-state index in [4.69, 9.17) is 5.26 Å². The Hall–Kier alpha value is -0.840. The second-order valence-electron chi connectivity index (χ2n) is 2.58. The molecule has 0 amide bonds. The number of hydrogen-bond acceptors (Lipinski definition) is 2. The Morgan fingerprint density at radius 2 is 2.14 bits per heavy atom. The fraction of sp³-hybridized carbons (Fsp3) is 0.250. The zero-order valence-corrected chi connectivity index (χ0v) is 8.93. The molecule has 0 bridgehead atoms. The summed E-state index contributed by atoms with van der Waals surface area (Å²) < 4.78 is 36.3. The van der Waals surface area contributed by atoms with Crippen molar-refractivity contribution in [2.45, 2.75) is 12.6 Å². The van der Waals surface area contributed by atoms with Gasteiger partial charge in [-0.15, -0.1) is 0 Å². The fourth-order valence-electron chi connectivity index (χ4n) is 0.888. The maximum atomic E-state index is 12.0. The van der Waals surface area contributed by atoms with Crippen molar-refractivity contribution in [3.63, 3.8) is 0 Å². The van der Waals surface area contributed by atoms with Crippen molar-refractivity contribution in [2.75, 3.05) is 0 Å². The maximum absolute atomic E-state index is 12.0. The Morgan fingerprint density at radius 1 is 1.50 bits per heavy atom. The Kier molecular flexibility index (Phi) is 3.31. The molecule has 0 aromatic carbocycles. The van der Waals surface area contributed by atoms with Crippen LogP contribution in [0.2, 0.25) is 0 Å². The van der Waals surface area contributed by atoms with Crippen LogP contribution < -0.4 is 0 Å². The van der Waals surface area contributed by atoms with Crippen molar-refractivity contribution in [2.24, 2.45) is 0 Å². The molecule has 0 aliphatic rings. The average molecular weight is 312 g/mol. The van der Waals surface area contributed by atoms with Crippen molar-refractivity contribution in [3.8, 4) is 6.07 Å². The van der Waals surface area contributed by atoms with E-state index in [1.807, 2.05) is 0 Å². The monoisotopic (exact) mass is 312 g/mol. The van der Waals surface area contributed by atoms with Crippen LogP contribution in [0.1, 0.15) is 11.3 Å². The number of alkyl halides is 3. The molecule has 2 nitrogen and oxygen atoms in total. The molecule has 0 unspecified atom stereocenters. The van der Waals surface area contributed by atoms with Gasteiger partial charge in [0.05, 0.1) is 6.42 Å². The minimum absolute atomic E-state index is 0.0703. The molecule has 14 heavy (non-hydrogen) atoms. The lowest BCUT2D eigenvalue weighted by atomic mass is 10.2. The van der Waals surface area contributed by atoms with E-state index in [-0.39, 0.29) is 11.3 Å². The first-order valence-corrected chi connectivity index (χ1v) is 4.61. The molecule has 0 atom stereocenters. The zero-order valence-electron chi connectivity index (χ0n) is 6.77. The molecule has 1 aromatic rings. The van der Waals surface area contributed by atoms with E-state index < -0.39 is 12.6 Å². The van der Waals surface area contributed by atoms with E-state index in [2.05, 4.69) is 4.98 Å². The lowest BCUT2D eigenvalue weighted by Crippen LogP contribution is -2.12. The van der Waals surface area contributed by atoms with Gasteiger partial charge in [0, 0.05) is 9.77 Å². The Balaban J connectivity index is 2.94. The summed E-state index contributed by atoms with van der Waals surface area (Å²) in [4.78, 5) is 3.61. The highest BCUT2D eigenvalue weighted by Crippen LogP contribution is 2.22. The molecule has 0 N–H and O–H groups in total. The van der Waals surface area contributed by atoms with Crippen LogP contribution in [0.4, 0.5) is 13.2 Å². The van der Waals surface area contributed by atoms with Crippen LogP contribution >= 0.6 is 22.6 Å². The SMILES string of the molecule is N#Cc1ncc(CC(F)(F)F)cc1I. The summed E-state index contributed by atoms with van der Waals surface area (Å²) in [6.45, 7) is 0. The molecule has 1 heterocycles. The van der Waals surface area contributed by atoms with Gasteiger partial charge in [-0.2, -0.15) is 18.4 Å². The standard InChI is InChI=1S/C8H4F3IN2/c9-8(10,11)2-5-1-6(12)7(3-13)14-4-5/h1,4H,2H2. The summed E-state index contributed by atoms with van der Waals surface area (Å²) >= 11 is 1.79. The minimum atomic E-state index is -4.24. The van der Waals surface area contributed by atoms with Gasteiger partial charge >= 0.3 is 6.18 Å². The molecule has 0 saturated carbocycles. The fourth-order valence-corrected chi connectivity index (χ4v) is 1.55. The van der Waals surface area contributed by atoms with Crippen molar-refractivity contribution < 1.29 is 13.2 Å². The molecule has 0 spiro atoms. The second kappa shape index (κ2) is 4.13. The van der Waals surface area contributed by atoms with Crippen LogP contribution in [0, 0.1) is 14.9 Å². The molecule has 0 aliphatic carbocycles. The number of aromatic nitrogens is 1. The predicted molar refractivity (Wildman–Crippen MR) is 51.4 cm³/mol. The van der Waals surface area contributed by atoms with Gasteiger partial charge in [0.1, 0.15) is 6.07 Å². The van der Waals surface area contributed by atoms with Gasteiger partial charge in [-0.3, -0.25) is 0 Å². The summed E-state index contributed by atoms with van der Waals surface area (Å²) in [5, 5.41) is 8.50. The topological polar surface area (TPSA) is 36.7 Å². The van der Waals surface area contributed by atoms with Crippen LogP contribution in [0.5, 0.6) is 0 Å². The zero-order chi connectivity index (χ0) is 10.8. The smallest absolute Gasteiger partial charge is 0.244 e. The third kappa shape index (κ3) is 3.14. The van der Waals surface area contributed by atoms with Crippen molar-refractivity contribution in [1.82, 2.24) is 4.98 Å². The first kappa shape index (κ1) is 11.2. The van der Waals surface area contributed by atoms with Crippen LogP contribution in [0.15, 0.2) is 12.3 Å². The summed E-state index contributed by atoms with van der Waals surface area (Å²) in [6.07, 6.45) is -4.17. The summed E-state index contributed by atoms with van der Waals surface area (Å²) in [7, 11) is 0. The van der Waals surface area contributed by atoms with E-state index in [9.17, 15) is 13.2 Å². The third-order valence-corrected chi connectivity index (χ3v) is 2.23. The quantitative estimate of drug-likeness (QED) is 0.748. The Bertz CT molecular complexity index is 381. The van der Waals surface area contributed by atoms with E-state index in [0.717, 1.165) is 6.20 Å². The second-order valence-corrected chi connectivity index (χ2v) is 3.74. The number of halogens is 4. The Labute approximate surface area is 91.9 Å². The molecular formula is C8H4F3IN2. The van der Waals surface area contributed by atoms with Gasteiger partial charge in [-0.25, -0.2) is 4.98 Å². The first-order valence-electron chi connectivity index (χ1n) is 3.53. The molecule has 0 fully saturated rings. The van der Waals surface area contributed by atoms with E-state index in [0.29, 0.717) is 3.57 Å². The van der Waals surface area contributed by atoms with Gasteiger partial charge in [0.15, 0.2) is 5.69 Å². The van der Waals surface area contributed by atoms with Crippen molar-refractivity contribution in [3.05, 3.63) is 27.1 Å². The number of nitriles is 1. The molecular weight excluding hydrogens is 308 g/mol. The molecule has 1 aromatic heterocycles. The molecule has 74 valence electrons. The van der Waals surface area contributed by atoms with Crippen LogP contribution in [-0.2, 0) is 6.42 Å². The number of nitrogens with zero attached hydrogens (tertiary/aromatic N) is 2. The number of hydrogen-bond donors (Lipinski definition) is 0. The average Bonchev–Trinajstić information content (AvgIpc) is 2.01. The lowest BCUT2D eigenvalue weighted by Gasteiger charge is -2.06. The highest BCUT2D eigenvalue weighted by atomic mass is 127. The van der Waals surface area contributed by atoms with Gasteiger partial charge in [0.2, 0.25) is 0 Å². The van der Waals surface area contributed by atoms with E-state index >= 15 is 0 Å². The molecule has 1 rings (SSSR count). The van der Waals surface area contributed by atoms with Crippen molar-refractivity contribution >= 4 is 22.6 Å². The summed E-state index contributed by atoms with van der Waals surface area (Å²) in [6, 6.07) is 3.10. The van der Waals surface area contributed by atoms with Gasteiger partial charge in [-0.1, -0.05) is 0 Å². The number of pyridine rings is 1. The largest absolute Gasteiger partial charge is 0.393 e. The van der Waals surface area contributed by atoms with Gasteiger partial charge in [-0.05, 0) is 34.2 Å². The van der Waals surface area contributed by atoms with Gasteiger partial charge < -0.3 is 0 Å². The summed E-state index contributed by atoms with van der Waals surface area (Å²) in [5.41, 5.74) is 0.220. The van der Waals surface area contributed by atoms with E-state index in [1.165, 1.54) is 6.07 Å². The van der Waals surface area contributed by atoms with Gasteiger partial charge in [0.25, 0.3) is 0 Å². The van der Waals surface area contributed by atoms with Crippen LogP contribution in [-0.4, -0.2) is 11.2 Å². The van der Waals surface area contributed by atoms with Crippen LogP contribution in [0.25, 0.3) is 0 Å². The van der Waals surface area contributed by atoms with Crippen molar-refractivity contribution in [1.29, 1.82) is 5.26 Å². The lowest BCUT2D eigenvalue weighted by molar-refractivity contribution is -0.127. The van der Waals surface area contributed by atoms with Crippen LogP contribution in [0.3, 0.4) is 0 Å². The highest BCUT2D eigenvalue weighted by molar-refractivity contribution is 14.1. The highest BCUT2D eigenvalue weighted by Gasteiger charge is 2.27. The number of rotatable bonds is 1. The van der Waals surface area contributed by atoms with E-state index in [1.54, 1.807) is 28.7 Å². The summed E-state index contributed by atoms with van der Waals surface area (Å²) in [5.74, 6) is 0.